The van der Waals surface area contributed by atoms with E-state index in [-0.39, 0.29) is 0 Å². The van der Waals surface area contributed by atoms with Crippen molar-refractivity contribution in [2.75, 3.05) is 6.54 Å². The Kier molecular flexibility index (Phi) is 3.39. The summed E-state index contributed by atoms with van der Waals surface area (Å²) < 4.78 is 0. The second-order valence-corrected chi connectivity index (χ2v) is 5.86. The van der Waals surface area contributed by atoms with E-state index in [9.17, 15) is 0 Å². The number of likely N-dealkylation sites (tertiary alicyclic amines) is 1. The van der Waals surface area contributed by atoms with Gasteiger partial charge in [0.25, 0.3) is 0 Å². The lowest BCUT2D eigenvalue weighted by Gasteiger charge is -2.42. The Labute approximate surface area is 83.5 Å². The Morgan fingerprint density at radius 3 is 1.92 bits per heavy atom. The summed E-state index contributed by atoms with van der Waals surface area (Å²) in [6.45, 7) is 13.0. The normalized spacial score (nSPS) is 32.1. The highest BCUT2D eigenvalue weighted by molar-refractivity contribution is 4.82. The summed E-state index contributed by atoms with van der Waals surface area (Å²) in [5.41, 5.74) is 0.444. The predicted octanol–water partition coefficient (Wildman–Crippen LogP) is 3.30. The lowest BCUT2D eigenvalue weighted by atomic mass is 9.90. The van der Waals surface area contributed by atoms with Crippen LogP contribution < -0.4 is 0 Å². The third-order valence-electron chi connectivity index (χ3n) is 3.03. The molecule has 0 aromatic rings. The molecule has 1 fully saturated rings. The number of hydrogen-bond acceptors (Lipinski definition) is 1. The van der Waals surface area contributed by atoms with Gasteiger partial charge in [0.1, 0.15) is 0 Å². The molecule has 0 N–H and O–H groups in total. The Balaban J connectivity index is 2.54. The van der Waals surface area contributed by atoms with Gasteiger partial charge < -0.3 is 0 Å². The summed E-state index contributed by atoms with van der Waals surface area (Å²) in [5.74, 6) is 0. The Hall–Kier alpha value is -0.0400. The van der Waals surface area contributed by atoms with Crippen molar-refractivity contribution in [3.8, 4) is 0 Å². The fourth-order valence-corrected chi connectivity index (χ4v) is 2.33. The van der Waals surface area contributed by atoms with Crippen LogP contribution in [0.1, 0.15) is 53.9 Å². The molecule has 0 bridgehead atoms. The van der Waals surface area contributed by atoms with Crippen LogP contribution in [0.25, 0.3) is 0 Å². The molecule has 78 valence electrons. The molecule has 1 aliphatic rings. The highest BCUT2D eigenvalue weighted by Gasteiger charge is 2.27. The lowest BCUT2D eigenvalue weighted by Crippen LogP contribution is -2.47. The average Bonchev–Trinajstić information content (AvgIpc) is 1.95. The fourth-order valence-electron chi connectivity index (χ4n) is 2.33. The summed E-state index contributed by atoms with van der Waals surface area (Å²) in [5, 5.41) is 0. The van der Waals surface area contributed by atoms with E-state index in [0.29, 0.717) is 5.41 Å². The molecule has 0 aliphatic carbocycles. The van der Waals surface area contributed by atoms with E-state index in [1.54, 1.807) is 0 Å². The average molecular weight is 183 g/mol. The highest BCUT2D eigenvalue weighted by atomic mass is 15.2. The maximum atomic E-state index is 2.68. The van der Waals surface area contributed by atoms with Crippen molar-refractivity contribution >= 4 is 0 Å². The molecule has 13 heavy (non-hydrogen) atoms. The largest absolute Gasteiger partial charge is 0.297 e. The van der Waals surface area contributed by atoms with Crippen molar-refractivity contribution in [3.63, 3.8) is 0 Å². The zero-order valence-electron chi connectivity index (χ0n) is 9.93. The van der Waals surface area contributed by atoms with Gasteiger partial charge in [0.2, 0.25) is 0 Å². The van der Waals surface area contributed by atoms with Crippen LogP contribution in [-0.4, -0.2) is 23.5 Å². The molecule has 0 aromatic heterocycles. The van der Waals surface area contributed by atoms with E-state index in [1.807, 2.05) is 0 Å². The molecule has 2 atom stereocenters. The van der Waals surface area contributed by atoms with Crippen molar-refractivity contribution in [1.29, 1.82) is 0 Å². The smallest absolute Gasteiger partial charge is 0.00699 e. The van der Waals surface area contributed by atoms with Crippen molar-refractivity contribution in [1.82, 2.24) is 4.90 Å². The van der Waals surface area contributed by atoms with Crippen LogP contribution in [0.3, 0.4) is 0 Å². The molecule has 0 aromatic carbocycles. The Bertz CT molecular complexity index is 147. The number of nitrogens with zero attached hydrogens (tertiary/aromatic N) is 1. The molecule has 1 rings (SSSR count). The van der Waals surface area contributed by atoms with Gasteiger partial charge in [0, 0.05) is 18.6 Å². The van der Waals surface area contributed by atoms with Crippen LogP contribution >= 0.6 is 0 Å². The molecule has 1 aliphatic heterocycles. The fraction of sp³-hybridized carbons (Fsp3) is 1.00. The van der Waals surface area contributed by atoms with Crippen molar-refractivity contribution in [3.05, 3.63) is 0 Å². The molecule has 1 nitrogen and oxygen atoms in total. The molecule has 0 spiro atoms. The first-order valence-electron chi connectivity index (χ1n) is 5.66. The molecule has 1 heterocycles. The topological polar surface area (TPSA) is 3.24 Å². The van der Waals surface area contributed by atoms with Gasteiger partial charge in [-0.15, -0.1) is 0 Å². The first-order valence-corrected chi connectivity index (χ1v) is 5.66. The summed E-state index contributed by atoms with van der Waals surface area (Å²) in [7, 11) is 0. The minimum atomic E-state index is 0.444. The molecule has 0 saturated carbocycles. The first-order chi connectivity index (χ1) is 5.90. The Morgan fingerprint density at radius 2 is 1.54 bits per heavy atom. The van der Waals surface area contributed by atoms with E-state index in [4.69, 9.17) is 0 Å². The second kappa shape index (κ2) is 4.00. The summed E-state index contributed by atoms with van der Waals surface area (Å²) in [4.78, 5) is 2.68. The van der Waals surface area contributed by atoms with E-state index in [1.165, 1.54) is 25.8 Å². The minimum Gasteiger partial charge on any atom is -0.297 e. The number of piperidine rings is 1. The van der Waals surface area contributed by atoms with Gasteiger partial charge >= 0.3 is 0 Å². The van der Waals surface area contributed by atoms with E-state index < -0.39 is 0 Å². The molecule has 1 saturated heterocycles. The van der Waals surface area contributed by atoms with E-state index in [2.05, 4.69) is 39.5 Å². The Morgan fingerprint density at radius 1 is 1.08 bits per heavy atom. The zero-order chi connectivity index (χ0) is 10.1. The van der Waals surface area contributed by atoms with Crippen LogP contribution in [-0.2, 0) is 0 Å². The lowest BCUT2D eigenvalue weighted by molar-refractivity contribution is 0.0663. The summed E-state index contributed by atoms with van der Waals surface area (Å²) in [6.07, 6.45) is 4.20. The van der Waals surface area contributed by atoms with Gasteiger partial charge in [-0.2, -0.15) is 0 Å². The molecular formula is C12H25N. The van der Waals surface area contributed by atoms with Gasteiger partial charge in [-0.1, -0.05) is 27.2 Å². The second-order valence-electron chi connectivity index (χ2n) is 5.86. The van der Waals surface area contributed by atoms with E-state index >= 15 is 0 Å². The molecule has 0 amide bonds. The van der Waals surface area contributed by atoms with Crippen LogP contribution in [0.4, 0.5) is 0 Å². The van der Waals surface area contributed by atoms with Crippen LogP contribution in [0, 0.1) is 5.41 Å². The maximum Gasteiger partial charge on any atom is 0.00699 e. The summed E-state index contributed by atoms with van der Waals surface area (Å²) >= 11 is 0. The van der Waals surface area contributed by atoms with Crippen molar-refractivity contribution in [2.45, 2.75) is 66.0 Å². The van der Waals surface area contributed by atoms with Gasteiger partial charge in [-0.25, -0.2) is 0 Å². The minimum absolute atomic E-state index is 0.444. The molecular weight excluding hydrogens is 158 g/mol. The van der Waals surface area contributed by atoms with Crippen LogP contribution in [0.15, 0.2) is 0 Å². The van der Waals surface area contributed by atoms with Crippen LogP contribution in [0.5, 0.6) is 0 Å². The monoisotopic (exact) mass is 183 g/mol. The molecule has 1 heteroatoms. The quantitative estimate of drug-likeness (QED) is 0.603. The van der Waals surface area contributed by atoms with E-state index in [0.717, 1.165) is 12.1 Å². The standard InChI is InChI=1S/C12H25N/c1-10-7-6-8-11(2)13(10)9-12(3,4)5/h10-11H,6-9H2,1-5H3. The first kappa shape index (κ1) is 11.0. The van der Waals surface area contributed by atoms with Gasteiger partial charge in [-0.05, 0) is 32.1 Å². The predicted molar refractivity (Wildman–Crippen MR) is 58.9 cm³/mol. The zero-order valence-corrected chi connectivity index (χ0v) is 9.93. The van der Waals surface area contributed by atoms with Crippen molar-refractivity contribution < 1.29 is 0 Å². The third-order valence-corrected chi connectivity index (χ3v) is 3.03. The highest BCUT2D eigenvalue weighted by Crippen LogP contribution is 2.26. The summed E-state index contributed by atoms with van der Waals surface area (Å²) in [6, 6.07) is 1.59. The van der Waals surface area contributed by atoms with Gasteiger partial charge in [0.15, 0.2) is 0 Å². The van der Waals surface area contributed by atoms with Gasteiger partial charge in [0.05, 0.1) is 0 Å². The number of rotatable bonds is 1. The SMILES string of the molecule is CC1CCCC(C)N1CC(C)(C)C. The molecule has 2 unspecified atom stereocenters. The van der Waals surface area contributed by atoms with Crippen molar-refractivity contribution in [2.24, 2.45) is 5.41 Å². The maximum absolute atomic E-state index is 2.68. The molecule has 0 radical (unpaired) electrons. The number of hydrogen-bond donors (Lipinski definition) is 0. The van der Waals surface area contributed by atoms with Crippen LogP contribution in [0.2, 0.25) is 0 Å². The van der Waals surface area contributed by atoms with Gasteiger partial charge in [-0.3, -0.25) is 4.90 Å². The third kappa shape index (κ3) is 3.30.